The molecule has 25 heavy (non-hydrogen) atoms. The maximum Gasteiger partial charge on any atom is 0.231 e. The molecule has 5 nitrogen and oxygen atoms in total. The van der Waals surface area contributed by atoms with E-state index in [1.807, 2.05) is 12.1 Å². The molecular formula is C18H15BrClNO4. The van der Waals surface area contributed by atoms with Crippen molar-refractivity contribution in [2.24, 2.45) is 5.92 Å². The van der Waals surface area contributed by atoms with E-state index in [0.717, 1.165) is 15.8 Å². The molecule has 2 aliphatic heterocycles. The predicted octanol–water partition coefficient (Wildman–Crippen LogP) is 4.06. The fourth-order valence-corrected chi connectivity index (χ4v) is 3.54. The summed E-state index contributed by atoms with van der Waals surface area (Å²) in [7, 11) is 0. The van der Waals surface area contributed by atoms with E-state index >= 15 is 0 Å². The Hall–Kier alpha value is -1.92. The normalized spacial score (nSPS) is 18.1. The van der Waals surface area contributed by atoms with Gasteiger partial charge in [-0.2, -0.15) is 0 Å². The highest BCUT2D eigenvalue weighted by molar-refractivity contribution is 9.10. The first-order chi connectivity index (χ1) is 12.1. The van der Waals surface area contributed by atoms with Crippen molar-refractivity contribution in [2.45, 2.75) is 6.42 Å². The van der Waals surface area contributed by atoms with Crippen molar-refractivity contribution in [1.29, 1.82) is 0 Å². The molecule has 1 N–H and O–H groups in total. The minimum absolute atomic E-state index is 0.108. The molecule has 1 atom stereocenters. The Balaban J connectivity index is 1.51. The van der Waals surface area contributed by atoms with Gasteiger partial charge in [-0.05, 0) is 46.1 Å². The fraction of sp³-hybridized carbons (Fsp3) is 0.278. The maximum absolute atomic E-state index is 12.7. The first kappa shape index (κ1) is 16.5. The summed E-state index contributed by atoms with van der Waals surface area (Å²) in [5.74, 6) is 1.69. The van der Waals surface area contributed by atoms with Crippen LogP contribution in [0.5, 0.6) is 17.2 Å². The standard InChI is InChI=1S/C18H15BrClNO4/c19-13-7-16-17(24-4-3-23-16)8-14(13)21-18(22)11-5-10-6-12(20)1-2-15(10)25-9-11/h1-2,6-8,11H,3-5,9H2,(H,21,22). The molecular weight excluding hydrogens is 410 g/mol. The van der Waals surface area contributed by atoms with Gasteiger partial charge in [-0.15, -0.1) is 0 Å². The molecule has 0 bridgehead atoms. The van der Waals surface area contributed by atoms with Gasteiger partial charge < -0.3 is 19.5 Å². The van der Waals surface area contributed by atoms with Crippen LogP contribution in [-0.4, -0.2) is 25.7 Å². The Morgan fingerprint density at radius 1 is 1.08 bits per heavy atom. The Morgan fingerprint density at radius 3 is 2.64 bits per heavy atom. The zero-order valence-electron chi connectivity index (χ0n) is 13.2. The van der Waals surface area contributed by atoms with Crippen LogP contribution < -0.4 is 19.5 Å². The molecule has 7 heteroatoms. The van der Waals surface area contributed by atoms with Crippen molar-refractivity contribution in [1.82, 2.24) is 0 Å². The Bertz CT molecular complexity index is 842. The molecule has 130 valence electrons. The van der Waals surface area contributed by atoms with E-state index in [0.29, 0.717) is 48.5 Å². The van der Waals surface area contributed by atoms with E-state index in [-0.39, 0.29) is 11.8 Å². The van der Waals surface area contributed by atoms with Crippen LogP contribution in [0.15, 0.2) is 34.8 Å². The number of halogens is 2. The number of hydrogen-bond acceptors (Lipinski definition) is 4. The van der Waals surface area contributed by atoms with Crippen LogP contribution >= 0.6 is 27.5 Å². The van der Waals surface area contributed by atoms with E-state index in [2.05, 4.69) is 21.2 Å². The number of nitrogens with one attached hydrogen (secondary N) is 1. The van der Waals surface area contributed by atoms with E-state index in [1.165, 1.54) is 0 Å². The molecule has 2 aromatic carbocycles. The number of benzene rings is 2. The minimum atomic E-state index is -0.286. The van der Waals surface area contributed by atoms with Crippen molar-refractivity contribution in [3.63, 3.8) is 0 Å². The van der Waals surface area contributed by atoms with Gasteiger partial charge in [0.15, 0.2) is 11.5 Å². The lowest BCUT2D eigenvalue weighted by molar-refractivity contribution is -0.121. The van der Waals surface area contributed by atoms with E-state index in [1.54, 1.807) is 18.2 Å². The molecule has 0 radical (unpaired) electrons. The summed E-state index contributed by atoms with van der Waals surface area (Å²) in [4.78, 5) is 12.7. The topological polar surface area (TPSA) is 56.8 Å². The third-order valence-corrected chi connectivity index (χ3v) is 5.08. The number of anilines is 1. The van der Waals surface area contributed by atoms with Gasteiger partial charge in [0, 0.05) is 21.6 Å². The lowest BCUT2D eigenvalue weighted by Crippen LogP contribution is -2.32. The van der Waals surface area contributed by atoms with E-state index in [4.69, 9.17) is 25.8 Å². The molecule has 2 heterocycles. The van der Waals surface area contributed by atoms with Gasteiger partial charge in [0.1, 0.15) is 25.6 Å². The van der Waals surface area contributed by atoms with Gasteiger partial charge in [-0.1, -0.05) is 11.6 Å². The van der Waals surface area contributed by atoms with Gasteiger partial charge in [-0.3, -0.25) is 4.79 Å². The number of hydrogen-bond donors (Lipinski definition) is 1. The quantitative estimate of drug-likeness (QED) is 0.790. The molecule has 0 aromatic heterocycles. The molecule has 2 aliphatic rings. The molecule has 1 unspecified atom stereocenters. The van der Waals surface area contributed by atoms with Crippen LogP contribution in [0.2, 0.25) is 5.02 Å². The summed E-state index contributed by atoms with van der Waals surface area (Å²) >= 11 is 9.50. The zero-order valence-corrected chi connectivity index (χ0v) is 15.5. The third-order valence-electron chi connectivity index (χ3n) is 4.19. The van der Waals surface area contributed by atoms with Gasteiger partial charge in [0.2, 0.25) is 5.91 Å². The Labute approximate surface area is 158 Å². The molecule has 0 fully saturated rings. The summed E-state index contributed by atoms with van der Waals surface area (Å²) in [5.41, 5.74) is 1.59. The predicted molar refractivity (Wildman–Crippen MR) is 97.9 cm³/mol. The van der Waals surface area contributed by atoms with Crippen molar-refractivity contribution < 1.29 is 19.0 Å². The number of carbonyl (C=O) groups excluding carboxylic acids is 1. The minimum Gasteiger partial charge on any atom is -0.492 e. The summed E-state index contributed by atoms with van der Waals surface area (Å²) in [6, 6.07) is 9.04. The van der Waals surface area contributed by atoms with Crippen molar-refractivity contribution >= 4 is 39.1 Å². The second kappa shape index (κ2) is 6.77. The van der Waals surface area contributed by atoms with E-state index < -0.39 is 0 Å². The zero-order chi connectivity index (χ0) is 17.4. The Morgan fingerprint density at radius 2 is 1.84 bits per heavy atom. The van der Waals surface area contributed by atoms with Gasteiger partial charge >= 0.3 is 0 Å². The summed E-state index contributed by atoms with van der Waals surface area (Å²) < 4.78 is 17.5. The summed E-state index contributed by atoms with van der Waals surface area (Å²) in [6.07, 6.45) is 0.587. The smallest absolute Gasteiger partial charge is 0.231 e. The molecule has 0 saturated heterocycles. The number of amides is 1. The number of fused-ring (bicyclic) bond motifs is 2. The van der Waals surface area contributed by atoms with E-state index in [9.17, 15) is 4.79 Å². The lowest BCUT2D eigenvalue weighted by atomic mass is 9.96. The van der Waals surface area contributed by atoms with Crippen molar-refractivity contribution in [2.75, 3.05) is 25.1 Å². The number of ether oxygens (including phenoxy) is 3. The van der Waals surface area contributed by atoms with Gasteiger partial charge in [0.25, 0.3) is 0 Å². The second-order valence-corrected chi connectivity index (χ2v) is 7.22. The second-order valence-electron chi connectivity index (χ2n) is 5.93. The molecule has 1 amide bonds. The average Bonchev–Trinajstić information content (AvgIpc) is 2.61. The first-order valence-electron chi connectivity index (χ1n) is 7.91. The third kappa shape index (κ3) is 3.41. The van der Waals surface area contributed by atoms with Crippen LogP contribution in [0, 0.1) is 5.92 Å². The largest absolute Gasteiger partial charge is 0.492 e. The highest BCUT2D eigenvalue weighted by atomic mass is 79.9. The highest BCUT2D eigenvalue weighted by Crippen LogP contribution is 2.38. The van der Waals surface area contributed by atoms with Gasteiger partial charge in [0.05, 0.1) is 11.6 Å². The maximum atomic E-state index is 12.7. The van der Waals surface area contributed by atoms with Crippen molar-refractivity contribution in [3.8, 4) is 17.2 Å². The van der Waals surface area contributed by atoms with Crippen LogP contribution in [0.4, 0.5) is 5.69 Å². The van der Waals surface area contributed by atoms with Crippen LogP contribution in [0.3, 0.4) is 0 Å². The van der Waals surface area contributed by atoms with Crippen molar-refractivity contribution in [3.05, 3.63) is 45.4 Å². The van der Waals surface area contributed by atoms with Crippen LogP contribution in [-0.2, 0) is 11.2 Å². The number of rotatable bonds is 2. The molecule has 0 saturated carbocycles. The lowest BCUT2D eigenvalue weighted by Gasteiger charge is -2.25. The summed E-state index contributed by atoms with van der Waals surface area (Å²) in [6.45, 7) is 1.35. The van der Waals surface area contributed by atoms with Crippen LogP contribution in [0.1, 0.15) is 5.56 Å². The van der Waals surface area contributed by atoms with Crippen LogP contribution in [0.25, 0.3) is 0 Å². The highest BCUT2D eigenvalue weighted by Gasteiger charge is 2.27. The number of carbonyl (C=O) groups is 1. The molecule has 0 spiro atoms. The fourth-order valence-electron chi connectivity index (χ4n) is 2.93. The molecule has 0 aliphatic carbocycles. The Kier molecular flexibility index (Phi) is 4.48. The molecule has 4 rings (SSSR count). The SMILES string of the molecule is O=C(Nc1cc2c(cc1Br)OCCO2)C1COc2ccc(Cl)cc2C1. The average molecular weight is 425 g/mol. The molecule has 2 aromatic rings. The monoisotopic (exact) mass is 423 g/mol. The summed E-state index contributed by atoms with van der Waals surface area (Å²) in [5, 5.41) is 3.58. The first-order valence-corrected chi connectivity index (χ1v) is 9.08. The van der Waals surface area contributed by atoms with Gasteiger partial charge in [-0.25, -0.2) is 0 Å².